The predicted molar refractivity (Wildman–Crippen MR) is 136 cm³/mol. The lowest BCUT2D eigenvalue weighted by Crippen LogP contribution is -2.50. The van der Waals surface area contributed by atoms with E-state index in [9.17, 15) is 14.4 Å². The highest BCUT2D eigenvalue weighted by Gasteiger charge is 2.39. The van der Waals surface area contributed by atoms with Crippen LogP contribution in [0.1, 0.15) is 66.4 Å². The van der Waals surface area contributed by atoms with E-state index in [2.05, 4.69) is 26.1 Å². The molecule has 0 bridgehead atoms. The summed E-state index contributed by atoms with van der Waals surface area (Å²) in [6.45, 7) is 12.7. The maximum Gasteiger partial charge on any atom is 0.328 e. The summed E-state index contributed by atoms with van der Waals surface area (Å²) < 4.78 is 4.84. The van der Waals surface area contributed by atoms with Gasteiger partial charge in [0.25, 0.3) is 0 Å². The third-order valence-electron chi connectivity index (χ3n) is 6.81. The van der Waals surface area contributed by atoms with Crippen LogP contribution in [0.2, 0.25) is 18.1 Å². The number of hydrogen-bond donors (Lipinski definition) is 1. The van der Waals surface area contributed by atoms with Crippen LogP contribution in [-0.4, -0.2) is 40.1 Å². The third kappa shape index (κ3) is 10.1. The number of esters is 1. The summed E-state index contributed by atoms with van der Waals surface area (Å²) in [7, 11) is 1.14. The molecule has 1 N–H and O–H groups in total. The molecule has 6 heteroatoms. The molecule has 0 aromatic heterocycles. The molecule has 0 saturated carbocycles. The largest absolute Gasteiger partial charge is 0.467 e. The summed E-state index contributed by atoms with van der Waals surface area (Å²) >= 11 is 0. The normalized spacial score (nSPS) is 14.4. The van der Waals surface area contributed by atoms with Crippen LogP contribution >= 0.6 is 0 Å². The second kappa shape index (κ2) is 16.6. The number of rotatable bonds is 13. The SMILES string of the molecule is CCC(C)[C@@](C)(CC=O)C(=O)N[C@@H](CCc1ccccc1)C(=O)OC.CC[SiH](CC)CC. The Morgan fingerprint density at radius 1 is 1.09 bits per heavy atom. The lowest BCUT2D eigenvalue weighted by Gasteiger charge is -2.33. The molecule has 0 radical (unpaired) electrons. The number of methoxy groups -OCH3 is 1. The first-order valence-electron chi connectivity index (χ1n) is 12.1. The Labute approximate surface area is 197 Å². The van der Waals surface area contributed by atoms with Gasteiger partial charge >= 0.3 is 5.97 Å². The number of hydrogen-bond acceptors (Lipinski definition) is 4. The van der Waals surface area contributed by atoms with Crippen molar-refractivity contribution in [1.82, 2.24) is 5.32 Å². The number of aryl methyl sites for hydroxylation is 1. The van der Waals surface area contributed by atoms with Crippen molar-refractivity contribution in [2.24, 2.45) is 11.3 Å². The van der Waals surface area contributed by atoms with Gasteiger partial charge in [0.15, 0.2) is 0 Å². The molecule has 1 unspecified atom stereocenters. The van der Waals surface area contributed by atoms with Gasteiger partial charge in [-0.3, -0.25) is 4.79 Å². The second-order valence-electron chi connectivity index (χ2n) is 8.76. The van der Waals surface area contributed by atoms with Gasteiger partial charge in [-0.15, -0.1) is 0 Å². The molecule has 1 amide bonds. The van der Waals surface area contributed by atoms with Crippen molar-refractivity contribution in [3.63, 3.8) is 0 Å². The molecule has 0 saturated heterocycles. The molecule has 182 valence electrons. The molecular weight excluding hydrogens is 418 g/mol. The monoisotopic (exact) mass is 463 g/mol. The third-order valence-corrected chi connectivity index (χ3v) is 10.3. The summed E-state index contributed by atoms with van der Waals surface area (Å²) in [5.74, 6) is -0.732. The fourth-order valence-electron chi connectivity index (χ4n) is 3.68. The molecule has 1 aromatic carbocycles. The maximum atomic E-state index is 12.8. The van der Waals surface area contributed by atoms with Gasteiger partial charge in [0, 0.05) is 15.2 Å². The van der Waals surface area contributed by atoms with E-state index in [1.807, 2.05) is 44.2 Å². The number of nitrogens with one attached hydrogen (secondary N) is 1. The van der Waals surface area contributed by atoms with Gasteiger partial charge < -0.3 is 14.8 Å². The molecule has 0 aliphatic carbocycles. The zero-order valence-corrected chi connectivity index (χ0v) is 22.4. The van der Waals surface area contributed by atoms with E-state index < -0.39 is 17.4 Å². The molecule has 32 heavy (non-hydrogen) atoms. The summed E-state index contributed by atoms with van der Waals surface area (Å²) in [4.78, 5) is 36.0. The van der Waals surface area contributed by atoms with E-state index in [4.69, 9.17) is 4.74 Å². The average molecular weight is 464 g/mol. The Hall–Kier alpha value is -1.95. The Balaban J connectivity index is 0.00000118. The van der Waals surface area contributed by atoms with Gasteiger partial charge in [-0.05, 0) is 24.3 Å². The van der Waals surface area contributed by atoms with Crippen molar-refractivity contribution in [3.8, 4) is 0 Å². The molecule has 3 atom stereocenters. The van der Waals surface area contributed by atoms with Gasteiger partial charge in [0.1, 0.15) is 12.3 Å². The lowest BCUT2D eigenvalue weighted by atomic mass is 9.73. The molecule has 0 fully saturated rings. The predicted octanol–water partition coefficient (Wildman–Crippen LogP) is 5.19. The van der Waals surface area contributed by atoms with Crippen LogP contribution in [0, 0.1) is 11.3 Å². The minimum Gasteiger partial charge on any atom is -0.467 e. The second-order valence-corrected chi connectivity index (χ2v) is 12.9. The molecule has 1 rings (SSSR count). The first-order chi connectivity index (χ1) is 15.2. The molecule has 0 aliphatic heterocycles. The van der Waals surface area contributed by atoms with Crippen molar-refractivity contribution < 1.29 is 19.1 Å². The fraction of sp³-hybridized carbons (Fsp3) is 0.654. The van der Waals surface area contributed by atoms with Gasteiger partial charge in [0.05, 0.1) is 12.5 Å². The van der Waals surface area contributed by atoms with Crippen LogP contribution in [0.3, 0.4) is 0 Å². The molecule has 1 aromatic rings. The number of benzene rings is 1. The van der Waals surface area contributed by atoms with E-state index in [1.54, 1.807) is 6.92 Å². The Bertz CT molecular complexity index is 658. The standard InChI is InChI=1S/C20H29NO4.C6H16Si/c1-5-15(2)20(3,13-14-22)19(24)21-17(18(23)25-4)12-11-16-9-7-6-8-10-16;1-4-7(5-2)6-3/h6-10,14-15,17H,5,11-13H2,1-4H3,(H,21,24);7H,4-6H2,1-3H3/t15?,17-,20+;/m0./s1. The first-order valence-corrected chi connectivity index (χ1v) is 14.5. The lowest BCUT2D eigenvalue weighted by molar-refractivity contribution is -0.147. The van der Waals surface area contributed by atoms with Crippen molar-refractivity contribution in [3.05, 3.63) is 35.9 Å². The van der Waals surface area contributed by atoms with Crippen molar-refractivity contribution >= 4 is 27.0 Å². The van der Waals surface area contributed by atoms with Gasteiger partial charge in [0.2, 0.25) is 5.91 Å². The van der Waals surface area contributed by atoms with Gasteiger partial charge in [-0.2, -0.15) is 0 Å². The Morgan fingerprint density at radius 2 is 1.66 bits per heavy atom. The van der Waals surface area contributed by atoms with Crippen LogP contribution in [0.5, 0.6) is 0 Å². The van der Waals surface area contributed by atoms with E-state index in [0.717, 1.165) is 18.3 Å². The number of aldehydes is 1. The van der Waals surface area contributed by atoms with E-state index >= 15 is 0 Å². The summed E-state index contributed by atoms with van der Waals surface area (Å²) in [6, 6.07) is 13.5. The minimum absolute atomic E-state index is 0.0186. The van der Waals surface area contributed by atoms with Crippen LogP contribution < -0.4 is 5.32 Å². The number of ether oxygens (including phenoxy) is 1. The number of amides is 1. The van der Waals surface area contributed by atoms with Crippen molar-refractivity contribution in [1.29, 1.82) is 0 Å². The van der Waals surface area contributed by atoms with Crippen molar-refractivity contribution in [2.45, 2.75) is 91.4 Å². The molecule has 0 heterocycles. The quantitative estimate of drug-likeness (QED) is 0.248. The van der Waals surface area contributed by atoms with Crippen LogP contribution in [0.15, 0.2) is 30.3 Å². The summed E-state index contributed by atoms with van der Waals surface area (Å²) in [6.07, 6.45) is 2.75. The molecule has 5 nitrogen and oxygen atoms in total. The average Bonchev–Trinajstić information content (AvgIpc) is 2.82. The Morgan fingerprint density at radius 3 is 2.06 bits per heavy atom. The molecule has 0 spiro atoms. The van der Waals surface area contributed by atoms with Crippen LogP contribution in [0.4, 0.5) is 0 Å². The summed E-state index contributed by atoms with van der Waals surface area (Å²) in [5.41, 5.74) is 0.249. The number of carbonyl (C=O) groups excluding carboxylic acids is 3. The minimum atomic E-state index is -0.838. The van der Waals surface area contributed by atoms with E-state index in [1.165, 1.54) is 25.2 Å². The molecule has 0 aliphatic rings. The van der Waals surface area contributed by atoms with Crippen molar-refractivity contribution in [2.75, 3.05) is 7.11 Å². The zero-order chi connectivity index (χ0) is 24.6. The topological polar surface area (TPSA) is 72.5 Å². The maximum absolute atomic E-state index is 12.8. The summed E-state index contributed by atoms with van der Waals surface area (Å²) in [5, 5.41) is 2.81. The highest BCUT2D eigenvalue weighted by molar-refractivity contribution is 6.58. The van der Waals surface area contributed by atoms with Gasteiger partial charge in [-0.1, -0.05) is 96.4 Å². The fourth-order valence-corrected chi connectivity index (χ4v) is 5.41. The Kier molecular flexibility index (Phi) is 15.6. The van der Waals surface area contributed by atoms with Crippen LogP contribution in [-0.2, 0) is 25.5 Å². The first kappa shape index (κ1) is 30.0. The van der Waals surface area contributed by atoms with E-state index in [0.29, 0.717) is 12.8 Å². The van der Waals surface area contributed by atoms with Crippen LogP contribution in [0.25, 0.3) is 0 Å². The highest BCUT2D eigenvalue weighted by Crippen LogP contribution is 2.33. The number of carbonyl (C=O) groups is 3. The van der Waals surface area contributed by atoms with E-state index in [-0.39, 0.29) is 27.0 Å². The van der Waals surface area contributed by atoms with Gasteiger partial charge in [-0.25, -0.2) is 4.79 Å². The zero-order valence-electron chi connectivity index (χ0n) is 21.3. The molecular formula is C26H45NO4Si. The highest BCUT2D eigenvalue weighted by atomic mass is 28.3. The smallest absolute Gasteiger partial charge is 0.328 e.